The van der Waals surface area contributed by atoms with Crippen LogP contribution >= 0.6 is 0 Å². The number of hydrogen-bond acceptors (Lipinski definition) is 1. The molecule has 3 heteroatoms. The van der Waals surface area contributed by atoms with E-state index < -0.39 is 0 Å². The van der Waals surface area contributed by atoms with Gasteiger partial charge in [-0.05, 0) is 29.0 Å². The molecular formula is C11H15N3. The van der Waals surface area contributed by atoms with E-state index in [0.29, 0.717) is 12.5 Å². The molecule has 1 aromatic rings. The minimum atomic E-state index is 0.443. The summed E-state index contributed by atoms with van der Waals surface area (Å²) >= 11 is 0. The highest BCUT2D eigenvalue weighted by Crippen LogP contribution is 2.10. The fraction of sp³-hybridized carbons (Fsp3) is 0.455. The van der Waals surface area contributed by atoms with Gasteiger partial charge < -0.3 is 0 Å². The Bertz CT molecular complexity index is 321. The van der Waals surface area contributed by atoms with Crippen LogP contribution in [0, 0.1) is 5.92 Å². The molecule has 0 unspecified atom stereocenters. The number of nitrogens with zero attached hydrogens (tertiary/aromatic N) is 3. The average Bonchev–Trinajstić information content (AvgIpc) is 2.16. The molecule has 14 heavy (non-hydrogen) atoms. The first kappa shape index (κ1) is 10.6. The van der Waals surface area contributed by atoms with Crippen LogP contribution in [0.5, 0.6) is 0 Å². The third-order valence-electron chi connectivity index (χ3n) is 1.98. The molecule has 0 saturated heterocycles. The van der Waals surface area contributed by atoms with Gasteiger partial charge in [-0.2, -0.15) is 0 Å². The first-order valence-corrected chi connectivity index (χ1v) is 4.81. The van der Waals surface area contributed by atoms with Crippen LogP contribution in [-0.2, 0) is 13.0 Å². The van der Waals surface area contributed by atoms with Gasteiger partial charge in [-0.15, -0.1) is 0 Å². The van der Waals surface area contributed by atoms with Gasteiger partial charge in [0.1, 0.15) is 0 Å². The predicted molar refractivity (Wildman–Crippen MR) is 57.8 cm³/mol. The largest absolute Gasteiger partial charge is 0.0893 e. The lowest BCUT2D eigenvalue weighted by Gasteiger charge is -2.05. The zero-order valence-electron chi connectivity index (χ0n) is 8.64. The van der Waals surface area contributed by atoms with Gasteiger partial charge in [0.15, 0.2) is 0 Å². The van der Waals surface area contributed by atoms with Gasteiger partial charge in [0.05, 0.1) is 6.54 Å². The van der Waals surface area contributed by atoms with Crippen molar-refractivity contribution in [1.29, 1.82) is 0 Å². The highest BCUT2D eigenvalue weighted by Gasteiger charge is 1.97. The highest BCUT2D eigenvalue weighted by molar-refractivity contribution is 5.22. The molecule has 0 heterocycles. The van der Waals surface area contributed by atoms with Crippen molar-refractivity contribution in [3.8, 4) is 0 Å². The van der Waals surface area contributed by atoms with E-state index in [1.54, 1.807) is 0 Å². The second-order valence-electron chi connectivity index (χ2n) is 3.80. The van der Waals surface area contributed by atoms with E-state index in [0.717, 1.165) is 12.0 Å². The molecule has 0 aliphatic heterocycles. The Kier molecular flexibility index (Phi) is 4.02. The lowest BCUT2D eigenvalue weighted by Crippen LogP contribution is -1.93. The molecule has 74 valence electrons. The number of hydrogen-bond donors (Lipinski definition) is 0. The van der Waals surface area contributed by atoms with Gasteiger partial charge in [0.25, 0.3) is 0 Å². The third kappa shape index (κ3) is 3.50. The first-order valence-electron chi connectivity index (χ1n) is 4.81. The summed E-state index contributed by atoms with van der Waals surface area (Å²) in [5, 5.41) is 3.51. The Labute approximate surface area is 84.4 Å². The summed E-state index contributed by atoms with van der Waals surface area (Å²) in [6.45, 7) is 4.85. The molecule has 0 aliphatic carbocycles. The standard InChI is InChI=1S/C11H15N3/c1-9(2)7-10-3-5-11(6-4-10)8-13-14-12/h3-6,9H,7-8H2,1-2H3. The van der Waals surface area contributed by atoms with Gasteiger partial charge >= 0.3 is 0 Å². The van der Waals surface area contributed by atoms with E-state index in [1.165, 1.54) is 5.56 Å². The van der Waals surface area contributed by atoms with Gasteiger partial charge in [-0.3, -0.25) is 0 Å². The second kappa shape index (κ2) is 5.30. The summed E-state index contributed by atoms with van der Waals surface area (Å²) in [5.74, 6) is 0.679. The van der Waals surface area contributed by atoms with Crippen LogP contribution in [0.15, 0.2) is 29.4 Å². The molecule has 0 fully saturated rings. The Morgan fingerprint density at radius 3 is 2.29 bits per heavy atom. The molecule has 0 aromatic heterocycles. The van der Waals surface area contributed by atoms with Crippen molar-refractivity contribution >= 4 is 0 Å². The Morgan fingerprint density at radius 2 is 1.79 bits per heavy atom. The zero-order valence-corrected chi connectivity index (χ0v) is 8.64. The number of rotatable bonds is 4. The molecule has 3 nitrogen and oxygen atoms in total. The van der Waals surface area contributed by atoms with Crippen LogP contribution in [0.3, 0.4) is 0 Å². The zero-order chi connectivity index (χ0) is 10.4. The lowest BCUT2D eigenvalue weighted by molar-refractivity contribution is 0.647. The van der Waals surface area contributed by atoms with Crippen LogP contribution in [0.25, 0.3) is 10.4 Å². The van der Waals surface area contributed by atoms with Crippen molar-refractivity contribution in [2.24, 2.45) is 11.0 Å². The molecule has 0 aliphatic rings. The highest BCUT2D eigenvalue weighted by atomic mass is 15.1. The van der Waals surface area contributed by atoms with Crippen molar-refractivity contribution in [1.82, 2.24) is 0 Å². The van der Waals surface area contributed by atoms with E-state index in [1.807, 2.05) is 12.1 Å². The van der Waals surface area contributed by atoms with E-state index in [4.69, 9.17) is 5.53 Å². The van der Waals surface area contributed by atoms with E-state index in [9.17, 15) is 0 Å². The Balaban J connectivity index is 2.63. The fourth-order valence-corrected chi connectivity index (χ4v) is 1.37. The molecule has 1 aromatic carbocycles. The SMILES string of the molecule is CC(C)Cc1ccc(CN=[N+]=[N-])cc1. The Hall–Kier alpha value is -1.47. The summed E-state index contributed by atoms with van der Waals surface area (Å²) in [6.07, 6.45) is 1.10. The average molecular weight is 189 g/mol. The molecule has 0 amide bonds. The number of azide groups is 1. The molecule has 0 radical (unpaired) electrons. The summed E-state index contributed by atoms with van der Waals surface area (Å²) in [5.41, 5.74) is 10.6. The number of benzene rings is 1. The first-order chi connectivity index (χ1) is 6.72. The normalized spacial score (nSPS) is 9.93. The van der Waals surface area contributed by atoms with Crippen molar-refractivity contribution in [3.05, 3.63) is 45.8 Å². The van der Waals surface area contributed by atoms with Crippen LogP contribution in [-0.4, -0.2) is 0 Å². The minimum Gasteiger partial charge on any atom is -0.0893 e. The lowest BCUT2D eigenvalue weighted by atomic mass is 10.0. The molecular weight excluding hydrogens is 174 g/mol. The molecule has 1 rings (SSSR count). The van der Waals surface area contributed by atoms with Crippen molar-refractivity contribution in [2.75, 3.05) is 0 Å². The van der Waals surface area contributed by atoms with Gasteiger partial charge in [-0.1, -0.05) is 43.2 Å². The third-order valence-corrected chi connectivity index (χ3v) is 1.98. The smallest absolute Gasteiger partial charge is 0.0510 e. The van der Waals surface area contributed by atoms with Gasteiger partial charge in [0, 0.05) is 4.91 Å². The summed E-state index contributed by atoms with van der Waals surface area (Å²) in [7, 11) is 0. The van der Waals surface area contributed by atoms with Crippen molar-refractivity contribution in [3.63, 3.8) is 0 Å². The summed E-state index contributed by atoms with van der Waals surface area (Å²) < 4.78 is 0. The van der Waals surface area contributed by atoms with Crippen LogP contribution < -0.4 is 0 Å². The minimum absolute atomic E-state index is 0.443. The summed E-state index contributed by atoms with van der Waals surface area (Å²) in [4.78, 5) is 2.73. The predicted octanol–water partition coefficient (Wildman–Crippen LogP) is 3.70. The monoisotopic (exact) mass is 189 g/mol. The topological polar surface area (TPSA) is 48.8 Å². The molecule has 0 spiro atoms. The van der Waals surface area contributed by atoms with Gasteiger partial charge in [0.2, 0.25) is 0 Å². The Morgan fingerprint density at radius 1 is 1.21 bits per heavy atom. The van der Waals surface area contributed by atoms with Crippen LogP contribution in [0.2, 0.25) is 0 Å². The van der Waals surface area contributed by atoms with E-state index in [-0.39, 0.29) is 0 Å². The van der Waals surface area contributed by atoms with E-state index in [2.05, 4.69) is 36.0 Å². The van der Waals surface area contributed by atoms with Crippen LogP contribution in [0.4, 0.5) is 0 Å². The summed E-state index contributed by atoms with van der Waals surface area (Å²) in [6, 6.07) is 8.24. The maximum atomic E-state index is 8.16. The quantitative estimate of drug-likeness (QED) is 0.394. The molecule has 0 N–H and O–H groups in total. The molecule has 0 saturated carbocycles. The molecule has 0 bridgehead atoms. The second-order valence-corrected chi connectivity index (χ2v) is 3.80. The fourth-order valence-electron chi connectivity index (χ4n) is 1.37. The van der Waals surface area contributed by atoms with Crippen LogP contribution in [0.1, 0.15) is 25.0 Å². The van der Waals surface area contributed by atoms with Crippen molar-refractivity contribution < 1.29 is 0 Å². The van der Waals surface area contributed by atoms with E-state index >= 15 is 0 Å². The maximum absolute atomic E-state index is 8.16. The van der Waals surface area contributed by atoms with Gasteiger partial charge in [-0.25, -0.2) is 0 Å². The molecule has 0 atom stereocenters. The maximum Gasteiger partial charge on any atom is 0.0510 e. The van der Waals surface area contributed by atoms with Crippen molar-refractivity contribution in [2.45, 2.75) is 26.8 Å².